The Hall–Kier alpha value is -4.68. The van der Waals surface area contributed by atoms with Crippen molar-refractivity contribution in [2.24, 2.45) is 0 Å². The maximum Gasteiger partial charge on any atom is 0.253 e. The van der Waals surface area contributed by atoms with E-state index in [0.717, 1.165) is 59.6 Å². The minimum Gasteiger partial charge on any atom is -0.311 e. The second-order valence-corrected chi connectivity index (χ2v) is 25.7. The first-order chi connectivity index (χ1) is 30.2. The van der Waals surface area contributed by atoms with E-state index in [0.29, 0.717) is 5.56 Å². The van der Waals surface area contributed by atoms with Crippen LogP contribution in [-0.2, 0) is 32.5 Å². The second kappa shape index (κ2) is 14.2. The van der Waals surface area contributed by atoms with E-state index < -0.39 is 11.6 Å². The van der Waals surface area contributed by atoms with Gasteiger partial charge in [-0.2, -0.15) is 0 Å². The van der Waals surface area contributed by atoms with Crippen LogP contribution in [0.5, 0.6) is 0 Å². The fourth-order valence-corrected chi connectivity index (χ4v) is 13.5. The Balaban J connectivity index is 1.38. The van der Waals surface area contributed by atoms with Gasteiger partial charge in [-0.25, -0.2) is 8.78 Å². The van der Waals surface area contributed by atoms with Crippen molar-refractivity contribution in [1.29, 1.82) is 0 Å². The summed E-state index contributed by atoms with van der Waals surface area (Å²) in [4.78, 5) is 6.48. The molecule has 5 aromatic carbocycles. The van der Waals surface area contributed by atoms with Gasteiger partial charge in [0.25, 0.3) is 6.71 Å². The molecule has 0 unspecified atom stereocenters. The zero-order valence-electron chi connectivity index (χ0n) is 41.5. The molecule has 0 fully saturated rings. The Kier molecular flexibility index (Phi) is 9.63. The third kappa shape index (κ3) is 6.72. The molecular weight excluding hydrogens is 818 g/mol. The summed E-state index contributed by atoms with van der Waals surface area (Å²) in [5.41, 5.74) is 17.2. The van der Waals surface area contributed by atoms with Crippen LogP contribution in [0.1, 0.15) is 161 Å². The molecule has 3 heterocycles. The average Bonchev–Trinajstić information content (AvgIpc) is 3.63. The van der Waals surface area contributed by atoms with Crippen LogP contribution in [0.4, 0.5) is 42.2 Å². The van der Waals surface area contributed by atoms with Crippen LogP contribution in [0.3, 0.4) is 0 Å². The second-order valence-electron chi connectivity index (χ2n) is 24.7. The van der Waals surface area contributed by atoms with Crippen molar-refractivity contribution in [1.82, 2.24) is 0 Å². The molecule has 6 heteroatoms. The number of hydrogen-bond donors (Lipinski definition) is 0. The Morgan fingerprint density at radius 1 is 0.554 bits per heavy atom. The Bertz CT molecular complexity index is 2930. The zero-order chi connectivity index (χ0) is 46.7. The van der Waals surface area contributed by atoms with Crippen LogP contribution in [-0.4, -0.2) is 6.71 Å². The van der Waals surface area contributed by atoms with Gasteiger partial charge in [-0.15, -0.1) is 11.3 Å². The molecule has 0 saturated carbocycles. The average molecular weight is 885 g/mol. The molecule has 6 aromatic rings. The summed E-state index contributed by atoms with van der Waals surface area (Å²) in [6, 6.07) is 29.8. The van der Waals surface area contributed by atoms with Crippen molar-refractivity contribution in [3.63, 3.8) is 0 Å². The summed E-state index contributed by atoms with van der Waals surface area (Å²) in [5.74, 6) is -1.12. The zero-order valence-corrected chi connectivity index (χ0v) is 42.4. The van der Waals surface area contributed by atoms with Crippen molar-refractivity contribution in [2.45, 2.75) is 162 Å². The number of nitrogens with zero attached hydrogens (tertiary/aromatic N) is 2. The number of thiophene rings is 1. The summed E-state index contributed by atoms with van der Waals surface area (Å²) in [6.07, 6.45) is 4.43. The SMILES string of the molecule is Cc1cc2c3c(c1)N(c1ccc(C(C)(C)C)cc1)c1sc4c(c1B3c1cc3c(cc1N2c1ccc(C(C)(C)C)cc1-c1c(F)cccc1F)C(C)(C)CCC3(C)C)C(C)(C)CCC4(C)C. The van der Waals surface area contributed by atoms with Gasteiger partial charge in [0.2, 0.25) is 0 Å². The quantitative estimate of drug-likeness (QED) is 0.163. The molecular formula is C59H67BF2N2S. The highest BCUT2D eigenvalue weighted by atomic mass is 32.1. The molecule has 0 N–H and O–H groups in total. The van der Waals surface area contributed by atoms with E-state index >= 15 is 8.78 Å². The van der Waals surface area contributed by atoms with E-state index in [4.69, 9.17) is 0 Å². The van der Waals surface area contributed by atoms with E-state index in [-0.39, 0.29) is 44.8 Å². The fraction of sp³-hybridized carbons (Fsp3) is 0.424. The maximum absolute atomic E-state index is 16.5. The Labute approximate surface area is 392 Å². The third-order valence-corrected chi connectivity index (χ3v) is 17.6. The molecule has 4 aliphatic rings. The molecule has 2 aliphatic heterocycles. The predicted molar refractivity (Wildman–Crippen MR) is 276 cm³/mol. The number of rotatable bonds is 3. The molecule has 65 heavy (non-hydrogen) atoms. The van der Waals surface area contributed by atoms with Gasteiger partial charge >= 0.3 is 0 Å². The van der Waals surface area contributed by atoms with Gasteiger partial charge in [-0.1, -0.05) is 127 Å². The summed E-state index contributed by atoms with van der Waals surface area (Å²) in [7, 11) is 0. The van der Waals surface area contributed by atoms with Crippen LogP contribution in [0.2, 0.25) is 0 Å². The topological polar surface area (TPSA) is 6.48 Å². The van der Waals surface area contributed by atoms with E-state index in [2.05, 4.69) is 180 Å². The van der Waals surface area contributed by atoms with E-state index in [1.807, 2.05) is 11.3 Å². The number of aryl methyl sites for hydroxylation is 1. The molecule has 0 saturated heterocycles. The maximum atomic E-state index is 16.5. The van der Waals surface area contributed by atoms with Crippen molar-refractivity contribution in [3.8, 4) is 11.1 Å². The Morgan fingerprint density at radius 2 is 1.09 bits per heavy atom. The molecule has 0 atom stereocenters. The Morgan fingerprint density at radius 3 is 1.69 bits per heavy atom. The lowest BCUT2D eigenvalue weighted by Crippen LogP contribution is -2.63. The van der Waals surface area contributed by atoms with Crippen LogP contribution < -0.4 is 26.2 Å². The predicted octanol–water partition coefficient (Wildman–Crippen LogP) is 15.4. The van der Waals surface area contributed by atoms with Gasteiger partial charge in [-0.05, 0) is 169 Å². The van der Waals surface area contributed by atoms with Gasteiger partial charge < -0.3 is 9.80 Å². The highest BCUT2D eigenvalue weighted by Gasteiger charge is 2.52. The third-order valence-electron chi connectivity index (χ3n) is 16.0. The molecule has 1 aromatic heterocycles. The van der Waals surface area contributed by atoms with Gasteiger partial charge in [0.1, 0.15) is 11.6 Å². The molecule has 0 bridgehead atoms. The lowest BCUT2D eigenvalue weighted by molar-refractivity contribution is 0.332. The molecule has 336 valence electrons. The van der Waals surface area contributed by atoms with Gasteiger partial charge in [-0.3, -0.25) is 0 Å². The number of fused-ring (bicyclic) bond motifs is 7. The molecule has 2 nitrogen and oxygen atoms in total. The minimum absolute atomic E-state index is 0.0111. The van der Waals surface area contributed by atoms with Crippen molar-refractivity contribution in [3.05, 3.63) is 135 Å². The first-order valence-electron chi connectivity index (χ1n) is 24.0. The molecule has 2 aliphatic carbocycles. The molecule has 10 rings (SSSR count). The highest BCUT2D eigenvalue weighted by molar-refractivity contribution is 7.20. The van der Waals surface area contributed by atoms with E-state index in [1.165, 1.54) is 72.4 Å². The number of halogens is 2. The monoisotopic (exact) mass is 885 g/mol. The highest BCUT2D eigenvalue weighted by Crippen LogP contribution is 2.57. The molecule has 0 amide bonds. The fourth-order valence-electron chi connectivity index (χ4n) is 11.8. The van der Waals surface area contributed by atoms with Crippen LogP contribution in [0, 0.1) is 18.6 Å². The summed E-state index contributed by atoms with van der Waals surface area (Å²) >= 11 is 2.01. The van der Waals surface area contributed by atoms with Crippen molar-refractivity contribution in [2.75, 3.05) is 9.80 Å². The normalized spacial score (nSPS) is 18.7. The first kappa shape index (κ1) is 44.2. The summed E-state index contributed by atoms with van der Waals surface area (Å²) in [6.45, 7) is 35.0. The summed E-state index contributed by atoms with van der Waals surface area (Å²) in [5, 5.41) is 1.32. The van der Waals surface area contributed by atoms with E-state index in [9.17, 15) is 0 Å². The first-order valence-corrected chi connectivity index (χ1v) is 24.8. The van der Waals surface area contributed by atoms with Crippen LogP contribution >= 0.6 is 11.3 Å². The molecule has 0 radical (unpaired) electrons. The number of anilines is 6. The van der Waals surface area contributed by atoms with Gasteiger partial charge in [0.15, 0.2) is 0 Å². The lowest BCUT2D eigenvalue weighted by Gasteiger charge is -2.48. The van der Waals surface area contributed by atoms with Crippen LogP contribution in [0.25, 0.3) is 11.1 Å². The van der Waals surface area contributed by atoms with Crippen LogP contribution in [0.15, 0.2) is 84.9 Å². The van der Waals surface area contributed by atoms with Crippen molar-refractivity contribution >= 4 is 67.9 Å². The van der Waals surface area contributed by atoms with Gasteiger partial charge in [0, 0.05) is 33.2 Å². The summed E-state index contributed by atoms with van der Waals surface area (Å²) < 4.78 is 32.9. The lowest BCUT2D eigenvalue weighted by atomic mass is 9.32. The van der Waals surface area contributed by atoms with Gasteiger partial charge in [0.05, 0.1) is 16.3 Å². The largest absolute Gasteiger partial charge is 0.311 e. The standard InChI is InChI=1S/C59H67BF2N2S/c1-34-29-46-50-47(30-34)64(44-24-21-36(55(5,6)7)31-38(44)48-42(61)17-16-18-43(48)62)45-33-40-39(56(8,9)25-26-57(40,10)11)32-41(45)60(50)51-49-52(59(14,15)28-27-58(49,12)13)65-53(51)63(46)37-22-19-35(20-23-37)54(2,3)4/h16-24,29-33H,25-28H2,1-15H3. The van der Waals surface area contributed by atoms with Crippen molar-refractivity contribution < 1.29 is 8.78 Å². The smallest absolute Gasteiger partial charge is 0.253 e. The number of benzene rings is 5. The minimum atomic E-state index is -0.559. The van der Waals surface area contributed by atoms with E-state index in [1.54, 1.807) is 0 Å². The molecule has 0 spiro atoms. The number of hydrogen-bond acceptors (Lipinski definition) is 3.